The molecule has 0 saturated carbocycles. The van der Waals surface area contributed by atoms with Crippen molar-refractivity contribution in [2.45, 2.75) is 0 Å². The summed E-state index contributed by atoms with van der Waals surface area (Å²) in [6.07, 6.45) is 0. The first-order chi connectivity index (χ1) is 25.0. The zero-order valence-corrected chi connectivity index (χ0v) is 31.1. The number of benzene rings is 8. The first kappa shape index (κ1) is 31.7. The Morgan fingerprint density at radius 2 is 0.804 bits per heavy atom. The van der Waals surface area contributed by atoms with Crippen LogP contribution in [0, 0.1) is 0 Å². The number of hydrogen-bond donors (Lipinski definition) is 0. The van der Waals surface area contributed by atoms with Gasteiger partial charge in [-0.2, -0.15) is 0 Å². The summed E-state index contributed by atoms with van der Waals surface area (Å²) in [4.78, 5) is 4.95. The van der Waals surface area contributed by atoms with Gasteiger partial charge in [0.05, 0.1) is 0 Å². The van der Waals surface area contributed by atoms with Crippen molar-refractivity contribution in [3.05, 3.63) is 182 Å². The molecule has 0 aromatic heterocycles. The molecule has 1 aliphatic rings. The molecule has 0 bridgehead atoms. The molecule has 0 N–H and O–H groups in total. The number of nitrogens with zero attached hydrogens (tertiary/aromatic N) is 2. The molecule has 1 heterocycles. The van der Waals surface area contributed by atoms with E-state index in [1.165, 1.54) is 76.1 Å². The van der Waals surface area contributed by atoms with Gasteiger partial charge in [0.15, 0.2) is 0 Å². The van der Waals surface area contributed by atoms with Gasteiger partial charge in [-0.25, -0.2) is 0 Å². The van der Waals surface area contributed by atoms with Gasteiger partial charge in [0, 0.05) is 0 Å². The van der Waals surface area contributed by atoms with Gasteiger partial charge in [0.2, 0.25) is 0 Å². The van der Waals surface area contributed by atoms with Crippen molar-refractivity contribution < 1.29 is 0 Å². The van der Waals surface area contributed by atoms with E-state index in [1.807, 2.05) is 0 Å². The van der Waals surface area contributed by atoms with Crippen molar-refractivity contribution in [2.75, 3.05) is 30.6 Å². The molecule has 1 aliphatic heterocycles. The summed E-state index contributed by atoms with van der Waals surface area (Å²) in [5.74, 6) is 0. The second-order valence-corrected chi connectivity index (χ2v) is 19.7. The van der Waals surface area contributed by atoms with Crippen LogP contribution >= 0.6 is 15.2 Å². The molecule has 0 saturated heterocycles. The number of fused-ring (bicyclic) bond motifs is 6. The minimum atomic E-state index is -2.66. The van der Waals surface area contributed by atoms with Crippen molar-refractivity contribution in [3.63, 3.8) is 0 Å². The van der Waals surface area contributed by atoms with Crippen LogP contribution in [0.2, 0.25) is 0 Å². The van der Waals surface area contributed by atoms with Crippen LogP contribution in [-0.4, -0.2) is 20.8 Å². The molecule has 248 valence electrons. The van der Waals surface area contributed by atoms with E-state index in [1.54, 1.807) is 0 Å². The standard InChI is InChI=1S/C47H40N2P2/c1-48-40-20-8-12-24-44(40)50(38-30-28-34-16-4-6-18-36(34)32-38)45-25-13-9-21-41(45)49(2)43-23-11-15-27-47(43)51(3,46-26-14-10-22-42(46)48)39-31-29-35-17-5-7-19-37(35)33-39/h4-33,51H,1-3H3. The first-order valence-electron chi connectivity index (χ1n) is 17.6. The Morgan fingerprint density at radius 3 is 1.35 bits per heavy atom. The Kier molecular flexibility index (Phi) is 7.96. The number of hydrogen-bond acceptors (Lipinski definition) is 2. The molecule has 0 amide bonds. The van der Waals surface area contributed by atoms with E-state index in [9.17, 15) is 0 Å². The fourth-order valence-electron chi connectivity index (χ4n) is 8.19. The van der Waals surface area contributed by atoms with Gasteiger partial charge in [-0.15, -0.1) is 0 Å². The van der Waals surface area contributed by atoms with Crippen LogP contribution in [0.3, 0.4) is 0 Å². The molecule has 0 fully saturated rings. The van der Waals surface area contributed by atoms with E-state index < -0.39 is 15.2 Å². The van der Waals surface area contributed by atoms with Crippen molar-refractivity contribution in [1.29, 1.82) is 0 Å². The Morgan fingerprint density at radius 1 is 0.392 bits per heavy atom. The monoisotopic (exact) mass is 694 g/mol. The van der Waals surface area contributed by atoms with E-state index in [-0.39, 0.29) is 0 Å². The maximum atomic E-state index is 2.56. The second kappa shape index (κ2) is 12.8. The summed E-state index contributed by atoms with van der Waals surface area (Å²) < 4.78 is 0. The summed E-state index contributed by atoms with van der Waals surface area (Å²) >= 11 is 0. The molecule has 0 radical (unpaired) electrons. The van der Waals surface area contributed by atoms with Crippen molar-refractivity contribution in [2.24, 2.45) is 0 Å². The van der Waals surface area contributed by atoms with Crippen LogP contribution in [0.1, 0.15) is 0 Å². The molecular formula is C47H40N2P2. The van der Waals surface area contributed by atoms with E-state index in [0.717, 1.165) is 0 Å². The van der Waals surface area contributed by atoms with Gasteiger partial charge >= 0.3 is 304 Å². The predicted octanol–water partition coefficient (Wildman–Crippen LogP) is 9.26. The molecule has 0 spiro atoms. The Balaban J connectivity index is 1.39. The molecule has 0 atom stereocenters. The molecular weight excluding hydrogens is 654 g/mol. The normalized spacial score (nSPS) is 15.9. The van der Waals surface area contributed by atoms with E-state index in [0.29, 0.717) is 0 Å². The molecule has 9 rings (SSSR count). The van der Waals surface area contributed by atoms with Gasteiger partial charge in [-0.3, -0.25) is 0 Å². The number of rotatable bonds is 2. The van der Waals surface area contributed by atoms with Crippen LogP contribution in [0.25, 0.3) is 21.5 Å². The van der Waals surface area contributed by atoms with Crippen LogP contribution in [-0.2, 0) is 0 Å². The zero-order chi connectivity index (χ0) is 34.5. The van der Waals surface area contributed by atoms with Crippen molar-refractivity contribution in [1.82, 2.24) is 0 Å². The first-order valence-corrected chi connectivity index (χ1v) is 21.5. The molecule has 4 heteroatoms. The average Bonchev–Trinajstić information content (AvgIpc) is 3.20. The molecule has 0 aliphatic carbocycles. The zero-order valence-electron chi connectivity index (χ0n) is 29.2. The minimum absolute atomic E-state index is 0.956. The molecule has 51 heavy (non-hydrogen) atoms. The third-order valence-electron chi connectivity index (χ3n) is 10.9. The SMILES string of the molecule is CN1c2ccccc2P(c2ccc3ccccc3c2)c2ccccc2N(C)c2ccccc2[PH](C)(c2ccc3ccccc3c2)c2ccccc21. The van der Waals surface area contributed by atoms with Gasteiger partial charge in [-0.05, 0) is 0 Å². The summed E-state index contributed by atoms with van der Waals surface area (Å²) in [5, 5.41) is 13.4. The summed E-state index contributed by atoms with van der Waals surface area (Å²) in [5.41, 5.74) is 5.00. The van der Waals surface area contributed by atoms with E-state index in [2.05, 4.69) is 213 Å². The van der Waals surface area contributed by atoms with E-state index >= 15 is 0 Å². The third kappa shape index (κ3) is 5.25. The van der Waals surface area contributed by atoms with Gasteiger partial charge in [-0.1, -0.05) is 0 Å². The predicted molar refractivity (Wildman–Crippen MR) is 229 cm³/mol. The summed E-state index contributed by atoms with van der Waals surface area (Å²) in [6.45, 7) is 2.56. The Labute approximate surface area is 302 Å². The van der Waals surface area contributed by atoms with Crippen LogP contribution in [0.5, 0.6) is 0 Å². The quantitative estimate of drug-likeness (QED) is 0.167. The molecule has 0 unspecified atom stereocenters. The molecule has 2 nitrogen and oxygen atoms in total. The molecule has 8 aromatic carbocycles. The number of para-hydroxylation sites is 4. The van der Waals surface area contributed by atoms with Crippen LogP contribution < -0.4 is 41.6 Å². The Bertz CT molecular complexity index is 2480. The van der Waals surface area contributed by atoms with Crippen molar-refractivity contribution >= 4 is 91.3 Å². The van der Waals surface area contributed by atoms with E-state index in [4.69, 9.17) is 0 Å². The Hall–Kier alpha value is -5.26. The summed E-state index contributed by atoms with van der Waals surface area (Å²) in [7, 11) is 0.930. The number of anilines is 4. The van der Waals surface area contributed by atoms with Gasteiger partial charge in [0.25, 0.3) is 0 Å². The van der Waals surface area contributed by atoms with Crippen LogP contribution in [0.4, 0.5) is 22.7 Å². The van der Waals surface area contributed by atoms with Crippen molar-refractivity contribution in [3.8, 4) is 0 Å². The maximum absolute atomic E-state index is 2.66. The summed E-state index contributed by atoms with van der Waals surface area (Å²) in [6, 6.07) is 68.3. The third-order valence-corrected chi connectivity index (χ3v) is 17.9. The molecule has 8 aromatic rings. The fraction of sp³-hybridized carbons (Fsp3) is 0.0638. The fourth-order valence-corrected chi connectivity index (χ4v) is 15.0. The second-order valence-electron chi connectivity index (χ2n) is 13.7. The topological polar surface area (TPSA) is 6.48 Å². The van der Waals surface area contributed by atoms with Gasteiger partial charge < -0.3 is 0 Å². The average molecular weight is 695 g/mol. The van der Waals surface area contributed by atoms with Gasteiger partial charge in [0.1, 0.15) is 0 Å². The van der Waals surface area contributed by atoms with Crippen LogP contribution in [0.15, 0.2) is 182 Å².